The molecule has 118 valence electrons. The number of benzene rings is 1. The molecule has 0 aromatic heterocycles. The monoisotopic (exact) mass is 296 g/mol. The van der Waals surface area contributed by atoms with Gasteiger partial charge in [-0.25, -0.2) is 0 Å². The smallest absolute Gasteiger partial charge is 0.333 e. The number of nitro groups is 1. The van der Waals surface area contributed by atoms with Gasteiger partial charge in [-0.15, -0.1) is 0 Å². The highest BCUT2D eigenvalue weighted by molar-refractivity contribution is 5.69. The van der Waals surface area contributed by atoms with Crippen LogP contribution >= 0.6 is 0 Å². The van der Waals surface area contributed by atoms with E-state index in [0.29, 0.717) is 25.1 Å². The van der Waals surface area contributed by atoms with Crippen molar-refractivity contribution in [2.24, 2.45) is 0 Å². The maximum atomic E-state index is 11.4. The fourth-order valence-corrected chi connectivity index (χ4v) is 2.12. The molecule has 0 saturated carbocycles. The maximum Gasteiger partial charge on any atom is 0.333 e. The zero-order valence-electron chi connectivity index (χ0n) is 12.9. The van der Waals surface area contributed by atoms with Crippen LogP contribution in [-0.2, 0) is 0 Å². The quantitative estimate of drug-likeness (QED) is 0.539. The Bertz CT molecular complexity index is 464. The highest BCUT2D eigenvalue weighted by Crippen LogP contribution is 2.37. The number of aliphatic hydroxyl groups excluding tert-OH is 1. The Balaban J connectivity index is 3.19. The molecule has 0 atom stereocenters. The van der Waals surface area contributed by atoms with E-state index in [2.05, 4.69) is 5.32 Å². The van der Waals surface area contributed by atoms with Crippen molar-refractivity contribution in [2.75, 3.05) is 18.5 Å². The topological polar surface area (TPSA) is 84.6 Å². The summed E-state index contributed by atoms with van der Waals surface area (Å²) in [5.41, 5.74) is -0.259. The van der Waals surface area contributed by atoms with Gasteiger partial charge in [-0.05, 0) is 31.4 Å². The summed E-state index contributed by atoms with van der Waals surface area (Å²) < 4.78 is 5.46. The first-order chi connectivity index (χ1) is 10.0. The zero-order chi connectivity index (χ0) is 15.9. The van der Waals surface area contributed by atoms with Gasteiger partial charge in [-0.1, -0.05) is 26.8 Å². The number of rotatable bonds is 9. The summed E-state index contributed by atoms with van der Waals surface area (Å²) in [6.07, 6.45) is 2.10. The lowest BCUT2D eigenvalue weighted by molar-refractivity contribution is -0.385. The molecule has 0 fully saturated rings. The van der Waals surface area contributed by atoms with Crippen molar-refractivity contribution in [2.45, 2.75) is 45.6 Å². The summed E-state index contributed by atoms with van der Waals surface area (Å²) >= 11 is 0. The van der Waals surface area contributed by atoms with Crippen LogP contribution in [0.15, 0.2) is 18.2 Å². The van der Waals surface area contributed by atoms with Crippen molar-refractivity contribution in [3.8, 4) is 5.75 Å². The third-order valence-corrected chi connectivity index (χ3v) is 3.70. The van der Waals surface area contributed by atoms with E-state index in [-0.39, 0.29) is 18.0 Å². The van der Waals surface area contributed by atoms with Gasteiger partial charge in [0.1, 0.15) is 5.69 Å². The lowest BCUT2D eigenvalue weighted by Gasteiger charge is -2.31. The Morgan fingerprint density at radius 3 is 2.48 bits per heavy atom. The molecule has 0 aliphatic carbocycles. The van der Waals surface area contributed by atoms with E-state index in [1.54, 1.807) is 18.2 Å². The molecule has 0 saturated heterocycles. The van der Waals surface area contributed by atoms with Gasteiger partial charge in [0, 0.05) is 0 Å². The zero-order valence-corrected chi connectivity index (χ0v) is 12.9. The Labute approximate surface area is 125 Å². The number of para-hydroxylation sites is 1. The van der Waals surface area contributed by atoms with Crippen LogP contribution in [-0.4, -0.2) is 28.8 Å². The average Bonchev–Trinajstić information content (AvgIpc) is 2.50. The molecular formula is C15H24N2O4. The molecule has 0 aliphatic heterocycles. The van der Waals surface area contributed by atoms with Gasteiger partial charge >= 0.3 is 5.69 Å². The minimum Gasteiger partial charge on any atom is -0.487 e. The number of ether oxygens (including phenoxy) is 1. The summed E-state index contributed by atoms with van der Waals surface area (Å²) in [5, 5.41) is 24.1. The van der Waals surface area contributed by atoms with E-state index in [4.69, 9.17) is 4.74 Å². The Morgan fingerprint density at radius 2 is 2.00 bits per heavy atom. The van der Waals surface area contributed by atoms with Crippen molar-refractivity contribution in [1.29, 1.82) is 0 Å². The summed E-state index contributed by atoms with van der Waals surface area (Å²) in [6, 6.07) is 4.96. The van der Waals surface area contributed by atoms with Crippen molar-refractivity contribution in [1.82, 2.24) is 0 Å². The standard InChI is InChI=1S/C15H24N2O4/c1-4-10-21-13-9-7-8-12(14(13)17(19)20)16-15(5-2,6-3)11-18/h7-9,16,18H,4-6,10-11H2,1-3H3. The third-order valence-electron chi connectivity index (χ3n) is 3.70. The van der Waals surface area contributed by atoms with E-state index in [1.807, 2.05) is 20.8 Å². The Hall–Kier alpha value is -1.82. The van der Waals surface area contributed by atoms with E-state index in [1.165, 1.54) is 0 Å². The van der Waals surface area contributed by atoms with E-state index in [0.717, 1.165) is 6.42 Å². The van der Waals surface area contributed by atoms with E-state index < -0.39 is 10.5 Å². The van der Waals surface area contributed by atoms with Gasteiger partial charge in [-0.3, -0.25) is 10.1 Å². The van der Waals surface area contributed by atoms with Crippen molar-refractivity contribution in [3.63, 3.8) is 0 Å². The van der Waals surface area contributed by atoms with Gasteiger partial charge in [0.05, 0.1) is 23.7 Å². The molecule has 0 spiro atoms. The third kappa shape index (κ3) is 4.07. The Kier molecular flexibility index (Phi) is 6.42. The molecule has 1 aromatic carbocycles. The largest absolute Gasteiger partial charge is 0.487 e. The van der Waals surface area contributed by atoms with Crippen molar-refractivity contribution in [3.05, 3.63) is 28.3 Å². The van der Waals surface area contributed by atoms with Gasteiger partial charge in [0.15, 0.2) is 5.75 Å². The Morgan fingerprint density at radius 1 is 1.33 bits per heavy atom. The molecule has 6 nitrogen and oxygen atoms in total. The molecule has 2 N–H and O–H groups in total. The predicted octanol–water partition coefficient (Wildman–Crippen LogP) is 3.35. The van der Waals surface area contributed by atoms with Crippen LogP contribution in [0.1, 0.15) is 40.0 Å². The molecule has 0 radical (unpaired) electrons. The predicted molar refractivity (Wildman–Crippen MR) is 82.9 cm³/mol. The second kappa shape index (κ2) is 7.83. The number of aliphatic hydroxyl groups is 1. The van der Waals surface area contributed by atoms with Crippen LogP contribution in [0.2, 0.25) is 0 Å². The number of hydrogen-bond donors (Lipinski definition) is 2. The maximum absolute atomic E-state index is 11.4. The van der Waals surface area contributed by atoms with Crippen LogP contribution in [0.25, 0.3) is 0 Å². The number of nitrogens with one attached hydrogen (secondary N) is 1. The van der Waals surface area contributed by atoms with Gasteiger partial charge in [0.25, 0.3) is 0 Å². The van der Waals surface area contributed by atoms with Crippen LogP contribution in [0.4, 0.5) is 11.4 Å². The highest BCUT2D eigenvalue weighted by atomic mass is 16.6. The minimum atomic E-state index is -0.561. The molecule has 21 heavy (non-hydrogen) atoms. The van der Waals surface area contributed by atoms with Crippen LogP contribution in [0.5, 0.6) is 5.75 Å². The minimum absolute atomic E-state index is 0.0781. The SMILES string of the molecule is CCCOc1cccc(NC(CC)(CC)CO)c1[N+](=O)[O-]. The van der Waals surface area contributed by atoms with Crippen LogP contribution in [0, 0.1) is 10.1 Å². The number of nitro benzene ring substituents is 1. The molecule has 1 aromatic rings. The van der Waals surface area contributed by atoms with Gasteiger partial charge in [0.2, 0.25) is 0 Å². The lowest BCUT2D eigenvalue weighted by Crippen LogP contribution is -2.41. The lowest BCUT2D eigenvalue weighted by atomic mass is 9.93. The molecule has 0 amide bonds. The molecule has 0 unspecified atom stereocenters. The summed E-state index contributed by atoms with van der Waals surface area (Å²) in [6.45, 7) is 6.17. The fraction of sp³-hybridized carbons (Fsp3) is 0.600. The average molecular weight is 296 g/mol. The fourth-order valence-electron chi connectivity index (χ4n) is 2.12. The summed E-state index contributed by atoms with van der Waals surface area (Å²) in [4.78, 5) is 10.9. The molecule has 0 heterocycles. The molecule has 1 rings (SSSR count). The second-order valence-corrected chi connectivity index (χ2v) is 5.03. The van der Waals surface area contributed by atoms with Crippen LogP contribution < -0.4 is 10.1 Å². The number of hydrogen-bond acceptors (Lipinski definition) is 5. The molecule has 0 aliphatic rings. The van der Waals surface area contributed by atoms with E-state index >= 15 is 0 Å². The molecule has 0 bridgehead atoms. The highest BCUT2D eigenvalue weighted by Gasteiger charge is 2.30. The van der Waals surface area contributed by atoms with Crippen LogP contribution in [0.3, 0.4) is 0 Å². The normalized spacial score (nSPS) is 11.2. The first kappa shape index (κ1) is 17.2. The summed E-state index contributed by atoms with van der Waals surface area (Å²) in [5.74, 6) is 0.255. The molecule has 6 heteroatoms. The molecular weight excluding hydrogens is 272 g/mol. The first-order valence-electron chi connectivity index (χ1n) is 7.32. The first-order valence-corrected chi connectivity index (χ1v) is 7.32. The van der Waals surface area contributed by atoms with Crippen molar-refractivity contribution < 1.29 is 14.8 Å². The van der Waals surface area contributed by atoms with Gasteiger partial charge in [-0.2, -0.15) is 0 Å². The number of nitrogens with zero attached hydrogens (tertiary/aromatic N) is 1. The second-order valence-electron chi connectivity index (χ2n) is 5.03. The summed E-state index contributed by atoms with van der Waals surface area (Å²) in [7, 11) is 0. The van der Waals surface area contributed by atoms with Crippen molar-refractivity contribution >= 4 is 11.4 Å². The number of anilines is 1. The van der Waals surface area contributed by atoms with Gasteiger partial charge < -0.3 is 15.2 Å². The van der Waals surface area contributed by atoms with E-state index in [9.17, 15) is 15.2 Å².